The van der Waals surface area contributed by atoms with E-state index in [0.717, 1.165) is 6.21 Å². The molecular formula is C6H9NO3. The first kappa shape index (κ1) is 8.81. The molecule has 0 radical (unpaired) electrons. The second-order valence-corrected chi connectivity index (χ2v) is 1.41. The van der Waals surface area contributed by atoms with Crippen LogP contribution < -0.4 is 0 Å². The molecule has 0 aliphatic carbocycles. The molecule has 0 aliphatic heterocycles. The minimum atomic E-state index is -0.510. The molecule has 0 rings (SSSR count). The van der Waals surface area contributed by atoms with Crippen LogP contribution in [0.3, 0.4) is 0 Å². The summed E-state index contributed by atoms with van der Waals surface area (Å²) >= 11 is 0. The maximum atomic E-state index is 10.4. The summed E-state index contributed by atoms with van der Waals surface area (Å²) in [5.41, 5.74) is 0. The van der Waals surface area contributed by atoms with Gasteiger partial charge in [0, 0.05) is 0 Å². The summed E-state index contributed by atoms with van der Waals surface area (Å²) in [6, 6.07) is 0. The molecule has 0 saturated carbocycles. The normalized spacial score (nSPS) is 9.70. The summed E-state index contributed by atoms with van der Waals surface area (Å²) in [5.74, 6) is -0.510. The predicted octanol–water partition coefficient (Wildman–Crippen LogP) is -0.181. The number of esters is 1. The lowest BCUT2D eigenvalue weighted by Gasteiger charge is -1.91. The molecule has 0 bridgehead atoms. The van der Waals surface area contributed by atoms with Gasteiger partial charge >= 0.3 is 5.97 Å². The molecule has 0 aromatic rings. The average Bonchev–Trinajstić information content (AvgIpc) is 1.89. The van der Waals surface area contributed by atoms with E-state index in [1.807, 2.05) is 0 Å². The molecule has 0 aromatic carbocycles. The second-order valence-electron chi connectivity index (χ2n) is 1.41. The lowest BCUT2D eigenvalue weighted by atomic mass is 10.7. The van der Waals surface area contributed by atoms with Crippen LogP contribution >= 0.6 is 0 Å². The van der Waals surface area contributed by atoms with Crippen molar-refractivity contribution in [3.8, 4) is 0 Å². The van der Waals surface area contributed by atoms with E-state index < -0.39 is 5.97 Å². The molecule has 4 heteroatoms. The monoisotopic (exact) mass is 143 g/mol. The first-order valence-corrected chi connectivity index (χ1v) is 2.91. The summed E-state index contributed by atoms with van der Waals surface area (Å²) in [4.78, 5) is 23.5. The number of aldehydes is 1. The van der Waals surface area contributed by atoms with Gasteiger partial charge in [0.1, 0.15) is 12.5 Å². The number of rotatable bonds is 4. The average molecular weight is 143 g/mol. The number of nitrogens with zero attached hydrogens (tertiary/aromatic N) is 1. The van der Waals surface area contributed by atoms with Crippen molar-refractivity contribution in [3.05, 3.63) is 0 Å². The molecule has 4 nitrogen and oxygen atoms in total. The van der Waals surface area contributed by atoms with Crippen LogP contribution in [0.1, 0.15) is 6.92 Å². The van der Waals surface area contributed by atoms with Crippen LogP contribution in [0.4, 0.5) is 0 Å². The second kappa shape index (κ2) is 5.94. The van der Waals surface area contributed by atoms with Crippen molar-refractivity contribution in [2.24, 2.45) is 4.99 Å². The van der Waals surface area contributed by atoms with Gasteiger partial charge in [-0.05, 0) is 6.92 Å². The van der Waals surface area contributed by atoms with Gasteiger partial charge in [0.2, 0.25) is 0 Å². The smallest absolute Gasteiger partial charge is 0.348 e. The standard InChI is InChI=1S/C6H9NO3/c1-2-10-6(9)5-7-3-4-8/h4-5H,2-3H2,1H3. The molecule has 0 heterocycles. The zero-order chi connectivity index (χ0) is 7.82. The SMILES string of the molecule is CCOC(=O)C=NCC=O. The number of aliphatic imine (C=N–C) groups is 1. The number of hydrogen-bond acceptors (Lipinski definition) is 4. The fourth-order valence-electron chi connectivity index (χ4n) is 0.350. The third-order valence-electron chi connectivity index (χ3n) is 0.663. The highest BCUT2D eigenvalue weighted by molar-refractivity contribution is 6.23. The first-order valence-electron chi connectivity index (χ1n) is 2.91. The van der Waals surface area contributed by atoms with Gasteiger partial charge in [-0.1, -0.05) is 0 Å². The molecule has 0 unspecified atom stereocenters. The van der Waals surface area contributed by atoms with Crippen LogP contribution in [-0.2, 0) is 14.3 Å². The Kier molecular flexibility index (Phi) is 5.23. The summed E-state index contributed by atoms with van der Waals surface area (Å²) in [7, 11) is 0. The number of carbonyl (C=O) groups is 2. The molecule has 0 aromatic heterocycles. The lowest BCUT2D eigenvalue weighted by Crippen LogP contribution is -2.05. The van der Waals surface area contributed by atoms with Crippen LogP contribution in [0.15, 0.2) is 4.99 Å². The summed E-state index contributed by atoms with van der Waals surface area (Å²) in [6.45, 7) is 2.04. The van der Waals surface area contributed by atoms with E-state index in [4.69, 9.17) is 0 Å². The Morgan fingerprint density at radius 2 is 2.40 bits per heavy atom. The molecule has 0 fully saturated rings. The zero-order valence-electron chi connectivity index (χ0n) is 5.74. The molecular weight excluding hydrogens is 134 g/mol. The fourth-order valence-corrected chi connectivity index (χ4v) is 0.350. The molecule has 0 saturated heterocycles. The molecule has 0 atom stereocenters. The largest absolute Gasteiger partial charge is 0.462 e. The van der Waals surface area contributed by atoms with Crippen molar-refractivity contribution in [1.82, 2.24) is 0 Å². The van der Waals surface area contributed by atoms with Crippen molar-refractivity contribution in [2.75, 3.05) is 13.2 Å². The van der Waals surface area contributed by atoms with Gasteiger partial charge in [-0.3, -0.25) is 4.99 Å². The van der Waals surface area contributed by atoms with E-state index in [2.05, 4.69) is 9.73 Å². The molecule has 0 spiro atoms. The Balaban J connectivity index is 3.45. The Labute approximate surface area is 58.9 Å². The third-order valence-corrected chi connectivity index (χ3v) is 0.663. The minimum absolute atomic E-state index is 0.0127. The van der Waals surface area contributed by atoms with E-state index in [9.17, 15) is 9.59 Å². The van der Waals surface area contributed by atoms with Crippen LogP contribution in [-0.4, -0.2) is 31.6 Å². The van der Waals surface area contributed by atoms with E-state index in [-0.39, 0.29) is 6.54 Å². The van der Waals surface area contributed by atoms with Crippen molar-refractivity contribution in [3.63, 3.8) is 0 Å². The maximum absolute atomic E-state index is 10.4. The Morgan fingerprint density at radius 1 is 1.70 bits per heavy atom. The highest BCUT2D eigenvalue weighted by Crippen LogP contribution is 1.72. The molecule has 10 heavy (non-hydrogen) atoms. The zero-order valence-corrected chi connectivity index (χ0v) is 5.74. The van der Waals surface area contributed by atoms with Crippen molar-refractivity contribution in [2.45, 2.75) is 6.92 Å². The van der Waals surface area contributed by atoms with Gasteiger partial charge in [0.15, 0.2) is 0 Å². The van der Waals surface area contributed by atoms with E-state index >= 15 is 0 Å². The summed E-state index contributed by atoms with van der Waals surface area (Å²) in [6.07, 6.45) is 1.60. The predicted molar refractivity (Wildman–Crippen MR) is 36.1 cm³/mol. The lowest BCUT2D eigenvalue weighted by molar-refractivity contribution is -0.134. The topological polar surface area (TPSA) is 55.7 Å². The van der Waals surface area contributed by atoms with E-state index in [1.165, 1.54) is 0 Å². The highest BCUT2D eigenvalue weighted by Gasteiger charge is 1.91. The number of hydrogen-bond donors (Lipinski definition) is 0. The molecule has 56 valence electrons. The van der Waals surface area contributed by atoms with Gasteiger partial charge in [0.05, 0.1) is 13.2 Å². The number of ether oxygens (including phenoxy) is 1. The summed E-state index contributed by atoms with van der Waals surface area (Å²) in [5, 5.41) is 0. The van der Waals surface area contributed by atoms with Crippen molar-refractivity contribution >= 4 is 18.5 Å². The first-order chi connectivity index (χ1) is 4.81. The van der Waals surface area contributed by atoms with Crippen LogP contribution in [0.2, 0.25) is 0 Å². The maximum Gasteiger partial charge on any atom is 0.348 e. The van der Waals surface area contributed by atoms with Crippen LogP contribution in [0.25, 0.3) is 0 Å². The van der Waals surface area contributed by atoms with E-state index in [0.29, 0.717) is 12.9 Å². The Morgan fingerprint density at radius 3 is 2.90 bits per heavy atom. The molecule has 0 aliphatic rings. The van der Waals surface area contributed by atoms with E-state index in [1.54, 1.807) is 6.92 Å². The Hall–Kier alpha value is -1.19. The van der Waals surface area contributed by atoms with Crippen molar-refractivity contribution in [1.29, 1.82) is 0 Å². The minimum Gasteiger partial charge on any atom is -0.462 e. The van der Waals surface area contributed by atoms with Gasteiger partial charge in [-0.2, -0.15) is 0 Å². The van der Waals surface area contributed by atoms with Crippen molar-refractivity contribution < 1.29 is 14.3 Å². The third kappa shape index (κ3) is 4.96. The van der Waals surface area contributed by atoms with Gasteiger partial charge in [-0.25, -0.2) is 4.79 Å². The van der Waals surface area contributed by atoms with Gasteiger partial charge < -0.3 is 9.53 Å². The molecule has 0 amide bonds. The molecule has 0 N–H and O–H groups in total. The summed E-state index contributed by atoms with van der Waals surface area (Å²) < 4.78 is 4.48. The van der Waals surface area contributed by atoms with Crippen LogP contribution in [0, 0.1) is 0 Å². The van der Waals surface area contributed by atoms with Gasteiger partial charge in [0.25, 0.3) is 0 Å². The fraction of sp³-hybridized carbons (Fsp3) is 0.500. The van der Waals surface area contributed by atoms with Gasteiger partial charge in [-0.15, -0.1) is 0 Å². The number of carbonyl (C=O) groups excluding carboxylic acids is 2. The highest BCUT2D eigenvalue weighted by atomic mass is 16.5. The quantitative estimate of drug-likeness (QED) is 0.311. The van der Waals surface area contributed by atoms with Crippen LogP contribution in [0.5, 0.6) is 0 Å². The Bertz CT molecular complexity index is 142.